The molecule has 1 aliphatic rings. The van der Waals surface area contributed by atoms with Crippen molar-refractivity contribution >= 4 is 10.9 Å². The lowest BCUT2D eigenvalue weighted by molar-refractivity contribution is 0.147. The first kappa shape index (κ1) is 22.4. The van der Waals surface area contributed by atoms with Gasteiger partial charge in [0.1, 0.15) is 12.4 Å². The van der Waals surface area contributed by atoms with Crippen LogP contribution in [0.15, 0.2) is 54.7 Å². The Morgan fingerprint density at radius 1 is 1.15 bits per heavy atom. The highest BCUT2D eigenvalue weighted by molar-refractivity contribution is 5.90. The molecule has 0 radical (unpaired) electrons. The number of methoxy groups -OCH3 is 1. The van der Waals surface area contributed by atoms with E-state index in [0.717, 1.165) is 34.3 Å². The van der Waals surface area contributed by atoms with E-state index in [1.807, 2.05) is 42.5 Å². The fourth-order valence-electron chi connectivity index (χ4n) is 4.11. The highest BCUT2D eigenvalue weighted by Gasteiger charge is 2.34. The molecule has 1 atom stereocenters. The van der Waals surface area contributed by atoms with E-state index in [4.69, 9.17) is 24.9 Å². The third-order valence-corrected chi connectivity index (χ3v) is 5.97. The van der Waals surface area contributed by atoms with Gasteiger partial charge in [-0.2, -0.15) is 5.10 Å². The molecule has 1 fully saturated rings. The Hall–Kier alpha value is -3.37. The molecule has 1 saturated heterocycles. The van der Waals surface area contributed by atoms with Crippen LogP contribution in [0.5, 0.6) is 5.75 Å². The van der Waals surface area contributed by atoms with Crippen LogP contribution in [0.2, 0.25) is 0 Å². The van der Waals surface area contributed by atoms with Gasteiger partial charge in [0.2, 0.25) is 0 Å². The lowest BCUT2D eigenvalue weighted by atomic mass is 9.94. The highest BCUT2D eigenvalue weighted by atomic mass is 16.5. The lowest BCUT2D eigenvalue weighted by Crippen LogP contribution is -2.38. The Morgan fingerprint density at radius 2 is 2.03 bits per heavy atom. The van der Waals surface area contributed by atoms with Gasteiger partial charge in [-0.3, -0.25) is 4.98 Å². The molecule has 1 unspecified atom stereocenters. The van der Waals surface area contributed by atoms with Gasteiger partial charge in [0.05, 0.1) is 59.5 Å². The summed E-state index contributed by atoms with van der Waals surface area (Å²) in [5, 5.41) is 14.9. The maximum absolute atomic E-state index is 9.52. The number of aliphatic hydroxyl groups excluding tert-OH is 1. The van der Waals surface area contributed by atoms with E-state index in [1.165, 1.54) is 0 Å². The van der Waals surface area contributed by atoms with Crippen LogP contribution in [-0.2, 0) is 21.6 Å². The molecule has 3 aromatic heterocycles. The Morgan fingerprint density at radius 3 is 2.82 bits per heavy atom. The first-order chi connectivity index (χ1) is 16.6. The normalized spacial score (nSPS) is 18.0. The predicted molar refractivity (Wildman–Crippen MR) is 127 cm³/mol. The molecule has 0 aliphatic carbocycles. The predicted octanol–water partition coefficient (Wildman–Crippen LogP) is 2.57. The number of rotatable bonds is 8. The van der Waals surface area contributed by atoms with Crippen molar-refractivity contribution < 1.29 is 19.3 Å². The standard InChI is InChI=1S/C25H27N5O4/c1-32-10-11-34-22-13-17(20-5-3-6-23(29-20)25(26)8-9-33-16-25)12-21-19(22)14-27-30(21)24-7-2-4-18(15-31)28-24/h2-7,12-14,31H,8-11,15-16,26H2,1H3. The van der Waals surface area contributed by atoms with E-state index < -0.39 is 5.54 Å². The molecule has 5 rings (SSSR count). The van der Waals surface area contributed by atoms with Crippen molar-refractivity contribution in [3.8, 4) is 22.8 Å². The summed E-state index contributed by atoms with van der Waals surface area (Å²) in [6.07, 6.45) is 2.48. The van der Waals surface area contributed by atoms with Crippen LogP contribution in [-0.4, -0.2) is 58.4 Å². The van der Waals surface area contributed by atoms with Gasteiger partial charge in [0.25, 0.3) is 0 Å². The molecule has 9 heteroatoms. The van der Waals surface area contributed by atoms with E-state index in [2.05, 4.69) is 10.1 Å². The fourth-order valence-corrected chi connectivity index (χ4v) is 4.11. The summed E-state index contributed by atoms with van der Waals surface area (Å²) in [5.41, 5.74) is 9.80. The number of fused-ring (bicyclic) bond motifs is 1. The molecule has 0 amide bonds. The van der Waals surface area contributed by atoms with Gasteiger partial charge < -0.3 is 25.1 Å². The van der Waals surface area contributed by atoms with Crippen molar-refractivity contribution in [2.24, 2.45) is 5.73 Å². The Balaban J connectivity index is 1.63. The van der Waals surface area contributed by atoms with Gasteiger partial charge >= 0.3 is 0 Å². The summed E-state index contributed by atoms with van der Waals surface area (Å²) in [5.74, 6) is 1.28. The first-order valence-corrected chi connectivity index (χ1v) is 11.2. The molecular weight excluding hydrogens is 434 g/mol. The van der Waals surface area contributed by atoms with Gasteiger partial charge in [-0.15, -0.1) is 0 Å². The second-order valence-corrected chi connectivity index (χ2v) is 8.32. The van der Waals surface area contributed by atoms with E-state index in [9.17, 15) is 5.11 Å². The van der Waals surface area contributed by atoms with Crippen LogP contribution in [0.25, 0.3) is 28.0 Å². The number of pyridine rings is 2. The van der Waals surface area contributed by atoms with Crippen molar-refractivity contribution in [2.75, 3.05) is 33.5 Å². The minimum absolute atomic E-state index is 0.148. The second kappa shape index (κ2) is 9.47. The maximum atomic E-state index is 9.52. The zero-order valence-electron chi connectivity index (χ0n) is 19.0. The number of benzene rings is 1. The number of hydrogen-bond acceptors (Lipinski definition) is 8. The summed E-state index contributed by atoms with van der Waals surface area (Å²) >= 11 is 0. The Kier molecular flexibility index (Phi) is 6.25. The van der Waals surface area contributed by atoms with Gasteiger partial charge in [0, 0.05) is 19.3 Å². The molecule has 3 N–H and O–H groups in total. The molecule has 0 bridgehead atoms. The summed E-state index contributed by atoms with van der Waals surface area (Å²) in [6, 6.07) is 15.3. The van der Waals surface area contributed by atoms with Crippen LogP contribution in [0.4, 0.5) is 0 Å². The number of hydrogen-bond donors (Lipinski definition) is 2. The van der Waals surface area contributed by atoms with Crippen molar-refractivity contribution in [1.29, 1.82) is 0 Å². The number of nitrogens with two attached hydrogens (primary N) is 1. The van der Waals surface area contributed by atoms with Crippen LogP contribution >= 0.6 is 0 Å². The van der Waals surface area contributed by atoms with Gasteiger partial charge in [-0.1, -0.05) is 12.1 Å². The first-order valence-electron chi connectivity index (χ1n) is 11.2. The third-order valence-electron chi connectivity index (χ3n) is 5.97. The van der Waals surface area contributed by atoms with Crippen LogP contribution < -0.4 is 10.5 Å². The molecule has 4 aromatic rings. The molecule has 1 aliphatic heterocycles. The van der Waals surface area contributed by atoms with Crippen molar-refractivity contribution in [1.82, 2.24) is 19.7 Å². The van der Waals surface area contributed by atoms with Gasteiger partial charge in [0.15, 0.2) is 5.82 Å². The van der Waals surface area contributed by atoms with Crippen LogP contribution in [0.1, 0.15) is 17.8 Å². The fraction of sp³-hybridized carbons (Fsp3) is 0.320. The zero-order chi connectivity index (χ0) is 23.5. The summed E-state index contributed by atoms with van der Waals surface area (Å²) in [4.78, 5) is 9.40. The van der Waals surface area contributed by atoms with Crippen LogP contribution in [0, 0.1) is 0 Å². The van der Waals surface area contributed by atoms with Gasteiger partial charge in [-0.25, -0.2) is 9.67 Å². The maximum Gasteiger partial charge on any atom is 0.154 e. The Labute approximate surface area is 197 Å². The van der Waals surface area contributed by atoms with E-state index in [1.54, 1.807) is 24.1 Å². The third kappa shape index (κ3) is 4.26. The smallest absolute Gasteiger partial charge is 0.154 e. The SMILES string of the molecule is COCCOc1cc(-c2cccc(C3(N)CCOC3)n2)cc2c1cnn2-c1cccc(CO)n1. The average Bonchev–Trinajstić information content (AvgIpc) is 3.51. The van der Waals surface area contributed by atoms with Crippen molar-refractivity contribution in [2.45, 2.75) is 18.6 Å². The molecule has 1 aromatic carbocycles. The number of nitrogens with zero attached hydrogens (tertiary/aromatic N) is 4. The second-order valence-electron chi connectivity index (χ2n) is 8.32. The van der Waals surface area contributed by atoms with Gasteiger partial charge in [-0.05, 0) is 42.8 Å². The van der Waals surface area contributed by atoms with E-state index in [-0.39, 0.29) is 6.61 Å². The molecule has 9 nitrogen and oxygen atoms in total. The average molecular weight is 462 g/mol. The monoisotopic (exact) mass is 461 g/mol. The zero-order valence-corrected chi connectivity index (χ0v) is 19.0. The topological polar surface area (TPSA) is 118 Å². The lowest BCUT2D eigenvalue weighted by Gasteiger charge is -2.21. The number of ether oxygens (including phenoxy) is 3. The largest absolute Gasteiger partial charge is 0.490 e. The van der Waals surface area contributed by atoms with Crippen molar-refractivity contribution in [3.05, 3.63) is 66.1 Å². The minimum atomic E-state index is -0.589. The summed E-state index contributed by atoms with van der Waals surface area (Å²) < 4.78 is 18.5. The van der Waals surface area contributed by atoms with E-state index in [0.29, 0.717) is 43.7 Å². The minimum Gasteiger partial charge on any atom is -0.490 e. The molecule has 176 valence electrons. The molecule has 4 heterocycles. The highest BCUT2D eigenvalue weighted by Crippen LogP contribution is 2.34. The Bertz CT molecular complexity index is 1300. The number of aromatic nitrogens is 4. The number of aliphatic hydroxyl groups is 1. The van der Waals surface area contributed by atoms with E-state index >= 15 is 0 Å². The molecule has 34 heavy (non-hydrogen) atoms. The summed E-state index contributed by atoms with van der Waals surface area (Å²) in [7, 11) is 1.64. The molecular formula is C25H27N5O4. The quantitative estimate of drug-likeness (QED) is 0.385. The van der Waals surface area contributed by atoms with Crippen LogP contribution in [0.3, 0.4) is 0 Å². The molecule has 0 spiro atoms. The summed E-state index contributed by atoms with van der Waals surface area (Å²) in [6.45, 7) is 1.79. The molecule has 0 saturated carbocycles. The van der Waals surface area contributed by atoms with Crippen molar-refractivity contribution in [3.63, 3.8) is 0 Å².